The maximum atomic E-state index is 11.4. The summed E-state index contributed by atoms with van der Waals surface area (Å²) in [6.07, 6.45) is 3.66. The van der Waals surface area contributed by atoms with E-state index in [0.717, 1.165) is 58.2 Å². The Kier molecular flexibility index (Phi) is 4.57. The van der Waals surface area contributed by atoms with Gasteiger partial charge in [-0.3, -0.25) is 9.69 Å². The average molecular weight is 238 g/mol. The monoisotopic (exact) mass is 238 g/mol. The Hall–Kier alpha value is -0.870. The van der Waals surface area contributed by atoms with Crippen molar-refractivity contribution in [2.24, 2.45) is 5.92 Å². The van der Waals surface area contributed by atoms with E-state index in [-0.39, 0.29) is 5.91 Å². The molecule has 0 N–H and O–H groups in total. The zero-order valence-corrected chi connectivity index (χ0v) is 10.4. The Morgan fingerprint density at radius 1 is 1.24 bits per heavy atom. The van der Waals surface area contributed by atoms with Crippen LogP contribution in [-0.2, 0) is 9.53 Å². The van der Waals surface area contributed by atoms with E-state index in [1.54, 1.807) is 0 Å². The number of carbonyl (C=O) groups is 1. The standard InChI is InChI=1S/C13H22N2O2/c1-2-13(16)15-5-3-12(4-6-15)11-14-7-9-17-10-8-14/h2,12H,1,3-11H2. The predicted molar refractivity (Wildman–Crippen MR) is 66.8 cm³/mol. The number of hydrogen-bond donors (Lipinski definition) is 0. The summed E-state index contributed by atoms with van der Waals surface area (Å²) in [4.78, 5) is 15.8. The third-order valence-corrected chi connectivity index (χ3v) is 3.72. The maximum Gasteiger partial charge on any atom is 0.245 e. The van der Waals surface area contributed by atoms with Crippen molar-refractivity contribution >= 4 is 5.91 Å². The molecule has 2 saturated heterocycles. The normalized spacial score (nSPS) is 23.6. The van der Waals surface area contributed by atoms with E-state index in [1.807, 2.05) is 4.90 Å². The molecule has 0 atom stereocenters. The number of hydrogen-bond acceptors (Lipinski definition) is 3. The highest BCUT2D eigenvalue weighted by molar-refractivity contribution is 5.87. The molecular weight excluding hydrogens is 216 g/mol. The lowest BCUT2D eigenvalue weighted by Gasteiger charge is -2.35. The third-order valence-electron chi connectivity index (χ3n) is 3.72. The van der Waals surface area contributed by atoms with Gasteiger partial charge in [-0.2, -0.15) is 0 Å². The summed E-state index contributed by atoms with van der Waals surface area (Å²) < 4.78 is 5.35. The molecule has 4 heteroatoms. The second-order valence-corrected chi connectivity index (χ2v) is 4.89. The molecule has 0 aliphatic carbocycles. The number of likely N-dealkylation sites (tertiary alicyclic amines) is 1. The van der Waals surface area contributed by atoms with Crippen molar-refractivity contribution in [2.75, 3.05) is 45.9 Å². The highest BCUT2D eigenvalue weighted by Gasteiger charge is 2.23. The van der Waals surface area contributed by atoms with Gasteiger partial charge in [0, 0.05) is 32.7 Å². The van der Waals surface area contributed by atoms with E-state index in [4.69, 9.17) is 4.74 Å². The first-order chi connectivity index (χ1) is 8.29. The van der Waals surface area contributed by atoms with Gasteiger partial charge in [-0.25, -0.2) is 0 Å². The van der Waals surface area contributed by atoms with Gasteiger partial charge in [-0.1, -0.05) is 6.58 Å². The molecule has 17 heavy (non-hydrogen) atoms. The summed E-state index contributed by atoms with van der Waals surface area (Å²) in [5, 5.41) is 0. The third kappa shape index (κ3) is 3.54. The minimum Gasteiger partial charge on any atom is -0.379 e. The first kappa shape index (κ1) is 12.6. The molecule has 2 aliphatic heterocycles. The van der Waals surface area contributed by atoms with Gasteiger partial charge in [-0.15, -0.1) is 0 Å². The largest absolute Gasteiger partial charge is 0.379 e. The van der Waals surface area contributed by atoms with E-state index < -0.39 is 0 Å². The van der Waals surface area contributed by atoms with E-state index in [9.17, 15) is 4.79 Å². The molecule has 2 aliphatic rings. The minimum absolute atomic E-state index is 0.0785. The van der Waals surface area contributed by atoms with Gasteiger partial charge in [-0.05, 0) is 24.8 Å². The molecule has 0 aromatic heterocycles. The van der Waals surface area contributed by atoms with Crippen LogP contribution in [0.5, 0.6) is 0 Å². The van der Waals surface area contributed by atoms with Crippen molar-refractivity contribution in [2.45, 2.75) is 12.8 Å². The quantitative estimate of drug-likeness (QED) is 0.680. The molecular formula is C13H22N2O2. The Balaban J connectivity index is 1.71. The Labute approximate surface area is 103 Å². The van der Waals surface area contributed by atoms with Crippen LogP contribution < -0.4 is 0 Å². The molecule has 96 valence electrons. The lowest BCUT2D eigenvalue weighted by atomic mass is 9.96. The zero-order chi connectivity index (χ0) is 12.1. The maximum absolute atomic E-state index is 11.4. The molecule has 4 nitrogen and oxygen atoms in total. The number of morpholine rings is 1. The van der Waals surface area contributed by atoms with E-state index >= 15 is 0 Å². The van der Waals surface area contributed by atoms with E-state index in [2.05, 4.69) is 11.5 Å². The number of piperidine rings is 1. The zero-order valence-electron chi connectivity index (χ0n) is 10.4. The Bertz CT molecular complexity index is 267. The molecule has 0 aromatic rings. The minimum atomic E-state index is 0.0785. The van der Waals surface area contributed by atoms with Crippen LogP contribution in [0.25, 0.3) is 0 Å². The lowest BCUT2D eigenvalue weighted by Crippen LogP contribution is -2.43. The van der Waals surface area contributed by atoms with Gasteiger partial charge in [0.1, 0.15) is 0 Å². The number of carbonyl (C=O) groups excluding carboxylic acids is 1. The smallest absolute Gasteiger partial charge is 0.245 e. The molecule has 2 fully saturated rings. The van der Waals surface area contributed by atoms with E-state index in [1.165, 1.54) is 12.6 Å². The van der Waals surface area contributed by atoms with Crippen LogP contribution in [0, 0.1) is 5.92 Å². The molecule has 0 saturated carbocycles. The summed E-state index contributed by atoms with van der Waals surface area (Å²) in [6, 6.07) is 0. The predicted octanol–water partition coefficient (Wildman–Crippen LogP) is 0.743. The molecule has 0 aromatic carbocycles. The van der Waals surface area contributed by atoms with Crippen molar-refractivity contribution in [3.8, 4) is 0 Å². The van der Waals surface area contributed by atoms with Crippen LogP contribution in [0.4, 0.5) is 0 Å². The summed E-state index contributed by atoms with van der Waals surface area (Å²) >= 11 is 0. The van der Waals surface area contributed by atoms with Gasteiger partial charge >= 0.3 is 0 Å². The van der Waals surface area contributed by atoms with Crippen molar-refractivity contribution < 1.29 is 9.53 Å². The number of ether oxygens (including phenoxy) is 1. The van der Waals surface area contributed by atoms with Crippen LogP contribution >= 0.6 is 0 Å². The summed E-state index contributed by atoms with van der Waals surface area (Å²) in [6.45, 7) is 10.3. The first-order valence-electron chi connectivity index (χ1n) is 6.51. The van der Waals surface area contributed by atoms with Gasteiger partial charge in [0.2, 0.25) is 5.91 Å². The molecule has 2 heterocycles. The fourth-order valence-corrected chi connectivity index (χ4v) is 2.61. The fourth-order valence-electron chi connectivity index (χ4n) is 2.61. The Morgan fingerprint density at radius 2 is 1.88 bits per heavy atom. The topological polar surface area (TPSA) is 32.8 Å². The second-order valence-electron chi connectivity index (χ2n) is 4.89. The van der Waals surface area contributed by atoms with Crippen LogP contribution in [-0.4, -0.2) is 61.6 Å². The molecule has 0 unspecified atom stereocenters. The van der Waals surface area contributed by atoms with Crippen molar-refractivity contribution in [1.82, 2.24) is 9.80 Å². The van der Waals surface area contributed by atoms with Crippen LogP contribution in [0.1, 0.15) is 12.8 Å². The second kappa shape index (κ2) is 6.17. The van der Waals surface area contributed by atoms with Crippen molar-refractivity contribution in [3.05, 3.63) is 12.7 Å². The molecule has 0 radical (unpaired) electrons. The van der Waals surface area contributed by atoms with Crippen LogP contribution in [0.15, 0.2) is 12.7 Å². The summed E-state index contributed by atoms with van der Waals surface area (Å²) in [5.74, 6) is 0.816. The van der Waals surface area contributed by atoms with Crippen molar-refractivity contribution in [3.63, 3.8) is 0 Å². The molecule has 1 amide bonds. The number of nitrogens with zero attached hydrogens (tertiary/aromatic N) is 2. The van der Waals surface area contributed by atoms with Gasteiger partial charge in [0.15, 0.2) is 0 Å². The molecule has 0 bridgehead atoms. The highest BCUT2D eigenvalue weighted by atomic mass is 16.5. The van der Waals surface area contributed by atoms with Crippen molar-refractivity contribution in [1.29, 1.82) is 0 Å². The lowest BCUT2D eigenvalue weighted by molar-refractivity contribution is -0.127. The number of rotatable bonds is 3. The fraction of sp³-hybridized carbons (Fsp3) is 0.769. The summed E-state index contributed by atoms with van der Waals surface area (Å²) in [7, 11) is 0. The van der Waals surface area contributed by atoms with Crippen LogP contribution in [0.2, 0.25) is 0 Å². The highest BCUT2D eigenvalue weighted by Crippen LogP contribution is 2.19. The average Bonchev–Trinajstić information content (AvgIpc) is 2.40. The van der Waals surface area contributed by atoms with Gasteiger partial charge in [0.25, 0.3) is 0 Å². The molecule has 2 rings (SSSR count). The Morgan fingerprint density at radius 3 is 2.47 bits per heavy atom. The SMILES string of the molecule is C=CC(=O)N1CCC(CN2CCOCC2)CC1. The summed E-state index contributed by atoms with van der Waals surface area (Å²) in [5.41, 5.74) is 0. The van der Waals surface area contributed by atoms with E-state index in [0.29, 0.717) is 0 Å². The van der Waals surface area contributed by atoms with Crippen LogP contribution in [0.3, 0.4) is 0 Å². The first-order valence-corrected chi connectivity index (χ1v) is 6.51. The number of amides is 1. The van der Waals surface area contributed by atoms with Gasteiger partial charge < -0.3 is 9.64 Å². The van der Waals surface area contributed by atoms with Gasteiger partial charge in [0.05, 0.1) is 13.2 Å². The molecule has 0 spiro atoms.